The molecule has 1 aromatic carbocycles. The summed E-state index contributed by atoms with van der Waals surface area (Å²) >= 11 is 9.52. The van der Waals surface area contributed by atoms with Crippen LogP contribution >= 0.6 is 34.3 Å². The van der Waals surface area contributed by atoms with Crippen LogP contribution in [0.3, 0.4) is 0 Å². The van der Waals surface area contributed by atoms with Gasteiger partial charge in [0.25, 0.3) is 0 Å². The maximum atomic E-state index is 13.2. The van der Waals surface area contributed by atoms with Crippen molar-refractivity contribution >= 4 is 84.5 Å². The monoisotopic (exact) mass is 828 g/mol. The third-order valence-electron chi connectivity index (χ3n) is 11.0. The Morgan fingerprint density at radius 2 is 1.28 bits per heavy atom. The molecule has 0 radical (unpaired) electrons. The normalized spacial score (nSPS) is 22.9. The Balaban J connectivity index is 0.000000156. The zero-order valence-corrected chi connectivity index (χ0v) is 34.8. The Bertz CT molecular complexity index is 2370. The number of aromatic nitrogens is 4. The number of morpholine rings is 2. The van der Waals surface area contributed by atoms with Crippen LogP contribution in [-0.2, 0) is 41.9 Å². The Kier molecular flexibility index (Phi) is 10.5. The lowest BCUT2D eigenvalue weighted by atomic mass is 10.0. The number of fused-ring (bicyclic) bond motifs is 7. The summed E-state index contributed by atoms with van der Waals surface area (Å²) in [5.41, 5.74) is 5.85. The van der Waals surface area contributed by atoms with Crippen LogP contribution in [0.25, 0.3) is 20.4 Å². The number of aliphatic imine (C=N–C) groups is 1. The van der Waals surface area contributed by atoms with E-state index in [9.17, 15) is 9.59 Å². The van der Waals surface area contributed by atoms with Gasteiger partial charge in [-0.3, -0.25) is 4.99 Å². The van der Waals surface area contributed by atoms with Gasteiger partial charge in [0, 0.05) is 60.9 Å². The van der Waals surface area contributed by atoms with Crippen molar-refractivity contribution in [1.29, 1.82) is 0 Å². The molecule has 0 unspecified atom stereocenters. The fourth-order valence-corrected chi connectivity index (χ4v) is 11.3. The molecule has 57 heavy (non-hydrogen) atoms. The average Bonchev–Trinajstić information content (AvgIpc) is 3.92. The van der Waals surface area contributed by atoms with Crippen molar-refractivity contribution in [1.82, 2.24) is 39.5 Å². The van der Waals surface area contributed by atoms with Crippen LogP contribution in [0, 0.1) is 0 Å². The number of nitrogens with one attached hydrogen (secondary N) is 1. The van der Waals surface area contributed by atoms with Crippen molar-refractivity contribution in [2.24, 2.45) is 4.99 Å². The summed E-state index contributed by atoms with van der Waals surface area (Å²) in [6.45, 7) is 14.0. The zero-order chi connectivity index (χ0) is 39.4. The number of hydrogen-bond donors (Lipinski definition) is 1. The predicted molar refractivity (Wildman–Crippen MR) is 223 cm³/mol. The van der Waals surface area contributed by atoms with Gasteiger partial charge in [0.2, 0.25) is 0 Å². The van der Waals surface area contributed by atoms with Gasteiger partial charge in [-0.15, -0.1) is 22.7 Å². The Hall–Kier alpha value is -4.48. The second kappa shape index (κ2) is 15.7. The lowest BCUT2D eigenvalue weighted by molar-refractivity contribution is -0.0586. The zero-order valence-electron chi connectivity index (χ0n) is 32.4. The SMILES string of the molecule is C[C@@H]1CN(C(=O)N2CCc3c(sc4ncnc(Cl)c34)C2)C[C@H](C)O1.C[C@@H]1CN(C(=O)N2CCc3c(sc4ncnc(Nc5ccc6c(c5)C=NC6)c34)C2)C[C@H](C)O1. The first-order valence-electron chi connectivity index (χ1n) is 19.5. The fraction of sp³-hybridized carbons (Fsp3) is 0.475. The second-order valence-electron chi connectivity index (χ2n) is 15.5. The molecule has 0 aliphatic carbocycles. The lowest BCUT2D eigenvalue weighted by Crippen LogP contribution is -2.53. The molecule has 2 saturated heterocycles. The van der Waals surface area contributed by atoms with Crippen LogP contribution in [-0.4, -0.2) is 121 Å². The molecule has 5 aliphatic heterocycles. The van der Waals surface area contributed by atoms with Gasteiger partial charge >= 0.3 is 12.1 Å². The number of thiophene rings is 2. The molecule has 0 saturated carbocycles. The third kappa shape index (κ3) is 7.65. The number of ether oxygens (including phenoxy) is 2. The van der Waals surface area contributed by atoms with Crippen molar-refractivity contribution in [2.75, 3.05) is 44.6 Å². The summed E-state index contributed by atoms with van der Waals surface area (Å²) in [4.78, 5) is 59.9. The molecule has 9 heterocycles. The van der Waals surface area contributed by atoms with Gasteiger partial charge in [0.15, 0.2) is 0 Å². The highest BCUT2D eigenvalue weighted by molar-refractivity contribution is 7.19. The van der Waals surface area contributed by atoms with Gasteiger partial charge < -0.3 is 34.4 Å². The van der Waals surface area contributed by atoms with Gasteiger partial charge in [-0.25, -0.2) is 29.5 Å². The van der Waals surface area contributed by atoms with Gasteiger partial charge in [0.1, 0.15) is 33.3 Å². The van der Waals surface area contributed by atoms with E-state index in [0.29, 0.717) is 57.5 Å². The number of carbonyl (C=O) groups is 2. The van der Waals surface area contributed by atoms with E-state index in [0.717, 1.165) is 56.9 Å². The number of rotatable bonds is 2. The molecule has 0 spiro atoms. The van der Waals surface area contributed by atoms with Crippen LogP contribution in [0.15, 0.2) is 35.8 Å². The highest BCUT2D eigenvalue weighted by Crippen LogP contribution is 2.39. The largest absolute Gasteiger partial charge is 0.372 e. The minimum absolute atomic E-state index is 0.0665. The van der Waals surface area contributed by atoms with Crippen LogP contribution in [0.5, 0.6) is 0 Å². The van der Waals surface area contributed by atoms with Crippen LogP contribution in [0.4, 0.5) is 21.1 Å². The quantitative estimate of drug-likeness (QED) is 0.189. The third-order valence-corrected chi connectivity index (χ3v) is 13.6. The van der Waals surface area contributed by atoms with E-state index in [1.54, 1.807) is 29.0 Å². The molecule has 2 fully saturated rings. The van der Waals surface area contributed by atoms with Crippen LogP contribution in [0.1, 0.15) is 59.7 Å². The number of nitrogens with zero attached hydrogens (tertiary/aromatic N) is 9. The maximum Gasteiger partial charge on any atom is 0.320 e. The number of carbonyl (C=O) groups excluding carboxylic acids is 2. The van der Waals surface area contributed by atoms with Gasteiger partial charge in [-0.2, -0.15) is 0 Å². The first-order chi connectivity index (χ1) is 27.6. The highest BCUT2D eigenvalue weighted by atomic mass is 35.5. The average molecular weight is 829 g/mol. The Morgan fingerprint density at radius 3 is 1.88 bits per heavy atom. The van der Waals surface area contributed by atoms with Gasteiger partial charge in [-0.05, 0) is 74.9 Å². The second-order valence-corrected chi connectivity index (χ2v) is 18.0. The van der Waals surface area contributed by atoms with E-state index in [2.05, 4.69) is 48.4 Å². The molecule has 298 valence electrons. The Labute approximate surface area is 343 Å². The standard InChI is InChI=1S/C24H26N6O2S.C16H19ClN4O2S/c1-14-10-30(11-15(2)32-14)24(31)29-6-5-19-20(12-29)33-23-21(19)22(26-13-27-23)28-18-4-3-16-8-25-9-17(16)7-18;1-9-5-21(6-10(2)23-9)16(22)20-4-3-11-12(7-20)24-15-13(11)14(17)18-8-19-15/h3-4,7,9,13-15H,5-6,8,10-12H2,1-2H3,(H,26,27,28);8-10H,3-7H2,1-2H3/t14-,15+;9-,10+. The molecule has 4 aromatic heterocycles. The first-order valence-corrected chi connectivity index (χ1v) is 21.5. The van der Waals surface area contributed by atoms with Gasteiger partial charge in [0.05, 0.1) is 54.8 Å². The van der Waals surface area contributed by atoms with E-state index < -0.39 is 0 Å². The highest BCUT2D eigenvalue weighted by Gasteiger charge is 2.34. The molecule has 5 aromatic rings. The smallest absolute Gasteiger partial charge is 0.320 e. The van der Waals surface area contributed by atoms with E-state index >= 15 is 0 Å². The van der Waals surface area contributed by atoms with Crippen molar-refractivity contribution in [3.63, 3.8) is 0 Å². The number of hydrogen-bond acceptors (Lipinski definition) is 12. The summed E-state index contributed by atoms with van der Waals surface area (Å²) in [7, 11) is 0. The van der Waals surface area contributed by atoms with E-state index in [-0.39, 0.29) is 36.5 Å². The summed E-state index contributed by atoms with van der Waals surface area (Å²) in [6, 6.07) is 6.50. The number of benzene rings is 1. The molecule has 4 atom stereocenters. The molecule has 4 amide bonds. The number of anilines is 2. The lowest BCUT2D eigenvalue weighted by Gasteiger charge is -2.39. The van der Waals surface area contributed by atoms with E-state index in [1.165, 1.54) is 32.8 Å². The molecule has 0 bridgehead atoms. The maximum absolute atomic E-state index is 13.2. The van der Waals surface area contributed by atoms with Crippen molar-refractivity contribution in [3.05, 3.63) is 68.0 Å². The molecule has 5 aliphatic rings. The number of halogens is 1. The van der Waals surface area contributed by atoms with Crippen LogP contribution < -0.4 is 5.32 Å². The molecular weight excluding hydrogens is 784 g/mol. The van der Waals surface area contributed by atoms with E-state index in [1.807, 2.05) is 53.5 Å². The minimum atomic E-state index is 0.0665. The van der Waals surface area contributed by atoms with Gasteiger partial charge in [-0.1, -0.05) is 17.7 Å². The van der Waals surface area contributed by atoms with Crippen molar-refractivity contribution in [2.45, 2.75) is 84.6 Å². The number of amides is 4. The molecule has 1 N–H and O–H groups in total. The molecular formula is C40H45ClN10O4S2. The minimum Gasteiger partial charge on any atom is -0.372 e. The van der Waals surface area contributed by atoms with Crippen LogP contribution in [0.2, 0.25) is 5.15 Å². The summed E-state index contributed by atoms with van der Waals surface area (Å²) in [5.74, 6) is 0.822. The molecule has 17 heteroatoms. The van der Waals surface area contributed by atoms with Crippen molar-refractivity contribution < 1.29 is 19.1 Å². The fourth-order valence-electron chi connectivity index (χ4n) is 8.62. The number of urea groups is 2. The van der Waals surface area contributed by atoms with Crippen molar-refractivity contribution in [3.8, 4) is 0 Å². The molecule has 14 nitrogen and oxygen atoms in total. The Morgan fingerprint density at radius 1 is 0.737 bits per heavy atom. The topological polar surface area (TPSA) is 142 Å². The first kappa shape index (κ1) is 38.1. The summed E-state index contributed by atoms with van der Waals surface area (Å²) in [5, 5.41) is 6.04. The molecule has 10 rings (SSSR count). The summed E-state index contributed by atoms with van der Waals surface area (Å²) < 4.78 is 11.5. The predicted octanol–water partition coefficient (Wildman–Crippen LogP) is 6.89. The summed E-state index contributed by atoms with van der Waals surface area (Å²) in [6.07, 6.45) is 6.91. The van der Waals surface area contributed by atoms with E-state index in [4.69, 9.17) is 21.1 Å².